The SMILES string of the molecule is N[C@H](CO)CCC(=O)NC(c1ccccc1)(c1ccccc1)c1ccccc1. The highest BCUT2D eigenvalue weighted by atomic mass is 16.3. The van der Waals surface area contributed by atoms with Crippen LogP contribution in [0.15, 0.2) is 91.0 Å². The average Bonchev–Trinajstić information content (AvgIpc) is 2.77. The summed E-state index contributed by atoms with van der Waals surface area (Å²) in [5.41, 5.74) is 7.91. The van der Waals surface area contributed by atoms with E-state index in [9.17, 15) is 4.79 Å². The molecule has 1 atom stereocenters. The van der Waals surface area contributed by atoms with Gasteiger partial charge in [-0.1, -0.05) is 91.0 Å². The van der Waals surface area contributed by atoms with Crippen LogP contribution in [-0.4, -0.2) is 23.7 Å². The molecule has 0 saturated heterocycles. The van der Waals surface area contributed by atoms with Gasteiger partial charge < -0.3 is 16.2 Å². The van der Waals surface area contributed by atoms with Crippen LogP contribution < -0.4 is 11.1 Å². The number of hydrogen-bond donors (Lipinski definition) is 3. The summed E-state index contributed by atoms with van der Waals surface area (Å²) in [4.78, 5) is 13.0. The van der Waals surface area contributed by atoms with Crippen molar-refractivity contribution in [3.05, 3.63) is 108 Å². The zero-order valence-electron chi connectivity index (χ0n) is 15.8. The number of amides is 1. The third kappa shape index (κ3) is 4.30. The highest BCUT2D eigenvalue weighted by Crippen LogP contribution is 2.36. The smallest absolute Gasteiger partial charge is 0.221 e. The first kappa shape index (κ1) is 19.8. The van der Waals surface area contributed by atoms with Crippen molar-refractivity contribution in [3.8, 4) is 0 Å². The molecule has 28 heavy (non-hydrogen) atoms. The quantitative estimate of drug-likeness (QED) is 0.530. The molecule has 0 spiro atoms. The Balaban J connectivity index is 2.10. The Morgan fingerprint density at radius 2 is 1.21 bits per heavy atom. The molecule has 0 aliphatic rings. The lowest BCUT2D eigenvalue weighted by molar-refractivity contribution is -0.122. The van der Waals surface area contributed by atoms with Crippen LogP contribution in [0, 0.1) is 0 Å². The Bertz CT molecular complexity index is 770. The summed E-state index contributed by atoms with van der Waals surface area (Å²) >= 11 is 0. The van der Waals surface area contributed by atoms with E-state index < -0.39 is 11.6 Å². The van der Waals surface area contributed by atoms with Crippen LogP contribution in [0.5, 0.6) is 0 Å². The van der Waals surface area contributed by atoms with Gasteiger partial charge in [0.25, 0.3) is 0 Å². The third-order valence-corrected chi connectivity index (χ3v) is 4.92. The first-order valence-electron chi connectivity index (χ1n) is 9.51. The van der Waals surface area contributed by atoms with E-state index in [0.717, 1.165) is 16.7 Å². The molecule has 144 valence electrons. The summed E-state index contributed by atoms with van der Waals surface area (Å²) < 4.78 is 0. The minimum atomic E-state index is -0.815. The van der Waals surface area contributed by atoms with Gasteiger partial charge in [0.1, 0.15) is 5.54 Å². The molecule has 4 heteroatoms. The largest absolute Gasteiger partial charge is 0.395 e. The summed E-state index contributed by atoms with van der Waals surface area (Å²) in [5, 5.41) is 12.4. The second-order valence-corrected chi connectivity index (χ2v) is 6.88. The van der Waals surface area contributed by atoms with Gasteiger partial charge in [-0.2, -0.15) is 0 Å². The van der Waals surface area contributed by atoms with Gasteiger partial charge in [-0.3, -0.25) is 4.79 Å². The maximum atomic E-state index is 13.0. The molecule has 3 aromatic rings. The predicted octanol–water partition coefficient (Wildman–Crippen LogP) is 3.19. The molecule has 0 aliphatic heterocycles. The number of hydrogen-bond acceptors (Lipinski definition) is 3. The van der Waals surface area contributed by atoms with E-state index in [1.165, 1.54) is 0 Å². The fourth-order valence-electron chi connectivity index (χ4n) is 3.46. The van der Waals surface area contributed by atoms with Gasteiger partial charge in [-0.05, 0) is 23.1 Å². The summed E-state index contributed by atoms with van der Waals surface area (Å²) in [6.45, 7) is -0.130. The maximum Gasteiger partial charge on any atom is 0.221 e. The number of nitrogens with two attached hydrogens (primary N) is 1. The Labute approximate surface area is 166 Å². The molecule has 0 aromatic heterocycles. The van der Waals surface area contributed by atoms with Gasteiger partial charge in [-0.15, -0.1) is 0 Å². The Kier molecular flexibility index (Phi) is 6.58. The number of nitrogens with one attached hydrogen (secondary N) is 1. The zero-order valence-corrected chi connectivity index (χ0v) is 15.8. The van der Waals surface area contributed by atoms with Crippen molar-refractivity contribution in [1.82, 2.24) is 5.32 Å². The van der Waals surface area contributed by atoms with Crippen LogP contribution in [0.2, 0.25) is 0 Å². The van der Waals surface area contributed by atoms with Crippen LogP contribution in [0.25, 0.3) is 0 Å². The molecule has 0 unspecified atom stereocenters. The van der Waals surface area contributed by atoms with Crippen LogP contribution >= 0.6 is 0 Å². The van der Waals surface area contributed by atoms with Crippen LogP contribution in [0.3, 0.4) is 0 Å². The van der Waals surface area contributed by atoms with E-state index in [1.54, 1.807) is 0 Å². The van der Waals surface area contributed by atoms with Crippen molar-refractivity contribution < 1.29 is 9.90 Å². The van der Waals surface area contributed by atoms with Crippen molar-refractivity contribution in [1.29, 1.82) is 0 Å². The van der Waals surface area contributed by atoms with Gasteiger partial charge >= 0.3 is 0 Å². The van der Waals surface area contributed by atoms with Crippen molar-refractivity contribution in [2.75, 3.05) is 6.61 Å². The molecule has 0 fully saturated rings. The zero-order chi connectivity index (χ0) is 19.8. The molecule has 4 N–H and O–H groups in total. The molecule has 0 bridgehead atoms. The average molecular weight is 374 g/mol. The summed E-state index contributed by atoms with van der Waals surface area (Å²) in [6, 6.07) is 29.5. The highest BCUT2D eigenvalue weighted by Gasteiger charge is 2.37. The fraction of sp³-hybridized carbons (Fsp3) is 0.208. The third-order valence-electron chi connectivity index (χ3n) is 4.92. The van der Waals surface area contributed by atoms with E-state index in [2.05, 4.69) is 5.32 Å². The van der Waals surface area contributed by atoms with Crippen LogP contribution in [0.4, 0.5) is 0 Å². The number of rotatable bonds is 8. The molecule has 4 nitrogen and oxygen atoms in total. The number of aliphatic hydroxyl groups excluding tert-OH is 1. The summed E-state index contributed by atoms with van der Waals surface area (Å²) in [7, 11) is 0. The molecular formula is C24H26N2O2. The van der Waals surface area contributed by atoms with Crippen molar-refractivity contribution in [3.63, 3.8) is 0 Å². The normalized spacial score (nSPS) is 12.4. The van der Waals surface area contributed by atoms with E-state index in [-0.39, 0.29) is 18.9 Å². The minimum absolute atomic E-state index is 0.111. The second kappa shape index (κ2) is 9.31. The van der Waals surface area contributed by atoms with E-state index >= 15 is 0 Å². The second-order valence-electron chi connectivity index (χ2n) is 6.88. The molecule has 0 heterocycles. The molecule has 0 radical (unpaired) electrons. The first-order chi connectivity index (χ1) is 13.7. The molecular weight excluding hydrogens is 348 g/mol. The van der Waals surface area contributed by atoms with E-state index in [4.69, 9.17) is 10.8 Å². The Hall–Kier alpha value is -2.95. The predicted molar refractivity (Wildman–Crippen MR) is 112 cm³/mol. The lowest BCUT2D eigenvalue weighted by atomic mass is 9.77. The monoisotopic (exact) mass is 374 g/mol. The lowest BCUT2D eigenvalue weighted by Gasteiger charge is -2.37. The highest BCUT2D eigenvalue weighted by molar-refractivity contribution is 5.79. The summed E-state index contributed by atoms with van der Waals surface area (Å²) in [5.74, 6) is -0.111. The first-order valence-corrected chi connectivity index (χ1v) is 9.51. The van der Waals surface area contributed by atoms with E-state index in [1.807, 2.05) is 91.0 Å². The Morgan fingerprint density at radius 1 is 0.821 bits per heavy atom. The lowest BCUT2D eigenvalue weighted by Crippen LogP contribution is -2.48. The van der Waals surface area contributed by atoms with Gasteiger partial charge in [0.2, 0.25) is 5.91 Å². The van der Waals surface area contributed by atoms with Gasteiger partial charge in [0.15, 0.2) is 0 Å². The standard InChI is InChI=1S/C24H26N2O2/c25-22(18-27)16-17-23(28)26-24(19-10-4-1-5-11-19,20-12-6-2-7-13-20)21-14-8-3-9-15-21/h1-15,22,27H,16-18,25H2,(H,26,28)/t22-/m0/s1. The Morgan fingerprint density at radius 3 is 1.57 bits per heavy atom. The number of aliphatic hydroxyl groups is 1. The molecule has 3 aromatic carbocycles. The molecule has 3 rings (SSSR count). The van der Waals surface area contributed by atoms with Crippen molar-refractivity contribution in [2.45, 2.75) is 24.4 Å². The van der Waals surface area contributed by atoms with Crippen LogP contribution in [-0.2, 0) is 10.3 Å². The molecule has 1 amide bonds. The molecule has 0 aliphatic carbocycles. The van der Waals surface area contributed by atoms with Gasteiger partial charge in [0, 0.05) is 12.5 Å². The minimum Gasteiger partial charge on any atom is -0.395 e. The fourth-order valence-corrected chi connectivity index (χ4v) is 3.46. The summed E-state index contributed by atoms with van der Waals surface area (Å²) in [6.07, 6.45) is 0.673. The number of benzene rings is 3. The van der Waals surface area contributed by atoms with Gasteiger partial charge in [0.05, 0.1) is 6.61 Å². The maximum absolute atomic E-state index is 13.0. The van der Waals surface area contributed by atoms with Gasteiger partial charge in [-0.25, -0.2) is 0 Å². The van der Waals surface area contributed by atoms with Crippen molar-refractivity contribution in [2.24, 2.45) is 5.73 Å². The number of carbonyl (C=O) groups is 1. The van der Waals surface area contributed by atoms with Crippen molar-refractivity contribution >= 4 is 5.91 Å². The number of carbonyl (C=O) groups excluding carboxylic acids is 1. The topological polar surface area (TPSA) is 75.3 Å². The van der Waals surface area contributed by atoms with E-state index in [0.29, 0.717) is 6.42 Å². The van der Waals surface area contributed by atoms with Crippen LogP contribution in [0.1, 0.15) is 29.5 Å². The molecule has 0 saturated carbocycles.